The molecule has 1 aromatic heterocycles. The Bertz CT molecular complexity index is 3620. The van der Waals surface area contributed by atoms with Crippen LogP contribution in [0.5, 0.6) is 0 Å². The molecule has 13 rings (SSSR count). The van der Waals surface area contributed by atoms with Crippen LogP contribution >= 0.6 is 0 Å². The second-order valence-corrected chi connectivity index (χ2v) is 23.1. The molecular weight excluding hydrogens is 1170 g/mol. The van der Waals surface area contributed by atoms with Gasteiger partial charge < -0.3 is 56.4 Å². The second kappa shape index (κ2) is 34.0. The van der Waals surface area contributed by atoms with Gasteiger partial charge in [0.2, 0.25) is 23.5 Å². The summed E-state index contributed by atoms with van der Waals surface area (Å²) in [6.45, 7) is 14.9. The number of aromatic nitrogens is 1. The number of aryl methyl sites for hydroxylation is 1. The van der Waals surface area contributed by atoms with Gasteiger partial charge in [-0.2, -0.15) is 0 Å². The highest BCUT2D eigenvalue weighted by atomic mass is 16.5. The molecule has 7 aromatic rings. The van der Waals surface area contributed by atoms with E-state index in [1.54, 1.807) is 6.20 Å². The van der Waals surface area contributed by atoms with Crippen LogP contribution in [0.3, 0.4) is 0 Å². The standard InChI is InChI=1S/2C15H17NO3.C10H13NO2.C10H11NO2.C10H9NO.C7H9N.C4H8O3.B/c2*1-14-8-15(2,13(18)19-3)11(16-12(14)17)9-6-4-5-7-10(9)14;2*1-8(12)10(13)11-7-9-5-3-2-4-6-9;1-7-9-5-3-2-4-8(9)6-11-10(7)12;8-6-7-4-2-1-3-5-7;1-3(5)4(6)7-2;/h2*4-7,11H,8H2,1-3H3,(H,16,17);2-6,8,12H,7H2,1H3,(H,11,13);2-6H,7H2,1H3,(H,11,13);2-6H,1H3,(H,11,12);1-5H,6,8H2;3,5H,1-2H3;/t2*11-,14-,15?;;;;;;/m00....../s1. The lowest BCUT2D eigenvalue weighted by atomic mass is 9.55. The van der Waals surface area contributed by atoms with Crippen molar-refractivity contribution in [2.75, 3.05) is 21.3 Å². The minimum Gasteiger partial charge on any atom is -0.469 e. The van der Waals surface area contributed by atoms with Gasteiger partial charge in [0, 0.05) is 46.7 Å². The molecule has 485 valence electrons. The van der Waals surface area contributed by atoms with Crippen LogP contribution in [0.1, 0.15) is 118 Å². The molecule has 2 fully saturated rings. The lowest BCUT2D eigenvalue weighted by molar-refractivity contribution is -0.162. The number of ether oxygens (including phenoxy) is 3. The fraction of sp³-hybridized carbons (Fsp3) is 0.338. The van der Waals surface area contributed by atoms with Gasteiger partial charge in [-0.1, -0.05) is 164 Å². The van der Waals surface area contributed by atoms with Gasteiger partial charge in [-0.3, -0.25) is 38.4 Å². The Labute approximate surface area is 539 Å². The van der Waals surface area contributed by atoms with E-state index < -0.39 is 51.5 Å². The summed E-state index contributed by atoms with van der Waals surface area (Å²) in [5.74, 6) is -2.48. The molecule has 5 heterocycles. The lowest BCUT2D eigenvalue weighted by Gasteiger charge is -2.53. The number of methoxy groups -OCH3 is 3. The number of aliphatic hydroxyl groups is 2. The largest absolute Gasteiger partial charge is 0.469 e. The van der Waals surface area contributed by atoms with Gasteiger partial charge in [0.25, 0.3) is 11.5 Å². The number of hydrogen-bond acceptors (Lipinski definition) is 15. The molecule has 6 aliphatic rings. The van der Waals surface area contributed by atoms with Crippen molar-refractivity contribution in [3.8, 4) is 0 Å². The average Bonchev–Trinajstić information content (AvgIpc) is 0.712. The Morgan fingerprint density at radius 2 is 0.957 bits per heavy atom. The molecule has 4 aliphatic heterocycles. The number of piperidine rings is 2. The summed E-state index contributed by atoms with van der Waals surface area (Å²) >= 11 is 0. The Morgan fingerprint density at radius 3 is 1.33 bits per heavy atom. The van der Waals surface area contributed by atoms with Crippen LogP contribution in [-0.4, -0.2) is 104 Å². The molecule has 20 nitrogen and oxygen atoms in total. The molecule has 2 aliphatic carbocycles. The van der Waals surface area contributed by atoms with Crippen LogP contribution in [0.2, 0.25) is 0 Å². The van der Waals surface area contributed by atoms with Crippen molar-refractivity contribution in [3.05, 3.63) is 225 Å². The number of nitrogens with two attached hydrogens (primary N) is 1. The van der Waals surface area contributed by atoms with Crippen molar-refractivity contribution in [1.29, 1.82) is 0 Å². The van der Waals surface area contributed by atoms with Crippen LogP contribution in [0.25, 0.3) is 10.8 Å². The number of benzene rings is 6. The van der Waals surface area contributed by atoms with Crippen molar-refractivity contribution in [1.82, 2.24) is 26.3 Å². The van der Waals surface area contributed by atoms with Crippen molar-refractivity contribution < 1.29 is 62.8 Å². The summed E-state index contributed by atoms with van der Waals surface area (Å²) in [5, 5.41) is 30.4. The SMILES string of the molecule is CC(=O)C(=O)NCc1ccccc1.CC(O)C(=O)NCc1ccccc1.COC(=O)C(C)O.COC(=O)C1(C)C[C@]2(C)C(=O)N[C@H]1c1ccccc12.COC(=O)C1(C)C[C@]2(C)C(=O)N[C@H]1c1ccccc12.Cc1c(=O)[nH]cc2ccccc12.NCc1ccccc1.[B]. The summed E-state index contributed by atoms with van der Waals surface area (Å²) in [6.07, 6.45) is 0.777. The van der Waals surface area contributed by atoms with E-state index in [2.05, 4.69) is 31.0 Å². The van der Waals surface area contributed by atoms with E-state index in [1.165, 1.54) is 47.7 Å². The number of amides is 4. The minimum atomic E-state index is -0.995. The Hall–Kier alpha value is -9.57. The smallest absolute Gasteiger partial charge is 0.334 e. The topological polar surface area (TPSA) is 312 Å². The number of nitrogens with one attached hydrogen (secondary N) is 5. The molecule has 21 heteroatoms. The first kappa shape index (κ1) is 74.9. The molecule has 4 unspecified atom stereocenters. The van der Waals surface area contributed by atoms with Gasteiger partial charge in [0.05, 0.1) is 55.1 Å². The number of aliphatic hydroxyl groups excluding tert-OH is 2. The quantitative estimate of drug-likeness (QED) is 0.0293. The zero-order valence-corrected chi connectivity index (χ0v) is 54.0. The molecular formula is C71H84BN6O14. The monoisotopic (exact) mass is 1260 g/mol. The number of carbonyl (C=O) groups is 8. The summed E-state index contributed by atoms with van der Waals surface area (Å²) in [4.78, 5) is 105. The molecule has 0 saturated carbocycles. The number of ketones is 1. The number of Topliss-reactive ketones (excluding diaryl/α,β-unsaturated/α-hetero) is 1. The number of fused-ring (bicyclic) bond motifs is 5. The predicted molar refractivity (Wildman–Crippen MR) is 351 cm³/mol. The van der Waals surface area contributed by atoms with Crippen LogP contribution in [0, 0.1) is 17.8 Å². The predicted octanol–water partition coefficient (Wildman–Crippen LogP) is 7.11. The fourth-order valence-corrected chi connectivity index (χ4v) is 11.3. The van der Waals surface area contributed by atoms with Crippen LogP contribution < -0.4 is 32.6 Å². The van der Waals surface area contributed by atoms with Crippen molar-refractivity contribution >= 4 is 66.5 Å². The molecule has 6 aromatic carbocycles. The van der Waals surface area contributed by atoms with Gasteiger partial charge >= 0.3 is 17.9 Å². The first-order valence-corrected chi connectivity index (χ1v) is 29.5. The first-order chi connectivity index (χ1) is 43.2. The fourth-order valence-electron chi connectivity index (χ4n) is 11.3. The number of H-pyrrole nitrogens is 1. The highest BCUT2D eigenvalue weighted by Crippen LogP contribution is 2.57. The molecule has 8 atom stereocenters. The average molecular weight is 1260 g/mol. The van der Waals surface area contributed by atoms with E-state index in [0.29, 0.717) is 32.5 Å². The zero-order valence-electron chi connectivity index (χ0n) is 54.0. The molecule has 4 bridgehead atoms. The summed E-state index contributed by atoms with van der Waals surface area (Å²) in [6, 6.07) is 51.9. The molecule has 4 amide bonds. The Morgan fingerprint density at radius 1 is 0.565 bits per heavy atom. The van der Waals surface area contributed by atoms with Gasteiger partial charge in [-0.05, 0) is 111 Å². The van der Waals surface area contributed by atoms with Gasteiger partial charge in [0.1, 0.15) is 12.2 Å². The number of aromatic amines is 1. The van der Waals surface area contributed by atoms with Crippen molar-refractivity contribution in [3.63, 3.8) is 0 Å². The Balaban J connectivity index is 0.000000234. The van der Waals surface area contributed by atoms with Crippen LogP contribution in [-0.2, 0) is 83.0 Å². The number of carbonyl (C=O) groups excluding carboxylic acids is 8. The van der Waals surface area contributed by atoms with E-state index in [4.69, 9.17) is 25.4 Å². The Kier molecular flexibility index (Phi) is 27.7. The molecule has 9 N–H and O–H groups in total. The number of esters is 3. The molecule has 92 heavy (non-hydrogen) atoms. The van der Waals surface area contributed by atoms with Gasteiger partial charge in [-0.25, -0.2) is 4.79 Å². The van der Waals surface area contributed by atoms with Gasteiger partial charge in [0.15, 0.2) is 0 Å². The molecule has 3 radical (unpaired) electrons. The van der Waals surface area contributed by atoms with E-state index in [-0.39, 0.29) is 55.7 Å². The van der Waals surface area contributed by atoms with Gasteiger partial charge in [-0.15, -0.1) is 0 Å². The number of pyridine rings is 1. The third kappa shape index (κ3) is 18.3. The highest BCUT2D eigenvalue weighted by Gasteiger charge is 2.62. The maximum absolute atomic E-state index is 12.3. The molecule has 2 saturated heterocycles. The van der Waals surface area contributed by atoms with E-state index in [9.17, 15) is 43.2 Å². The first-order valence-electron chi connectivity index (χ1n) is 29.5. The van der Waals surface area contributed by atoms with E-state index in [1.807, 2.05) is 198 Å². The van der Waals surface area contributed by atoms with Crippen LogP contribution in [0.4, 0.5) is 0 Å². The zero-order chi connectivity index (χ0) is 67.3. The second-order valence-electron chi connectivity index (χ2n) is 23.1. The summed E-state index contributed by atoms with van der Waals surface area (Å²) in [5.41, 5.74) is 10.7. The van der Waals surface area contributed by atoms with Crippen molar-refractivity contribution in [2.24, 2.45) is 16.6 Å². The maximum atomic E-state index is 12.3. The maximum Gasteiger partial charge on any atom is 0.334 e. The van der Waals surface area contributed by atoms with Crippen LogP contribution in [0.15, 0.2) is 175 Å². The molecule has 0 spiro atoms. The normalized spacial score (nSPS) is 20.8. The summed E-state index contributed by atoms with van der Waals surface area (Å²) < 4.78 is 14.0. The van der Waals surface area contributed by atoms with E-state index >= 15 is 0 Å². The summed E-state index contributed by atoms with van der Waals surface area (Å²) in [7, 11) is 4.02. The lowest BCUT2D eigenvalue weighted by Crippen LogP contribution is -2.63. The van der Waals surface area contributed by atoms with Crippen molar-refractivity contribution in [2.45, 2.75) is 123 Å². The third-order valence-corrected chi connectivity index (χ3v) is 16.3. The minimum absolute atomic E-state index is 0. The van der Waals surface area contributed by atoms with E-state index in [0.717, 1.165) is 49.7 Å². The number of rotatable bonds is 10. The highest BCUT2D eigenvalue weighted by molar-refractivity contribution is 6.35. The third-order valence-electron chi connectivity index (χ3n) is 16.3. The number of hydrogen-bond donors (Lipinski definition) is 8.